The van der Waals surface area contributed by atoms with Gasteiger partial charge < -0.3 is 36.9 Å². The van der Waals surface area contributed by atoms with Gasteiger partial charge in [-0.05, 0) is 30.0 Å². The number of H-pyrrole nitrogens is 1. The first-order chi connectivity index (χ1) is 17.5. The van der Waals surface area contributed by atoms with E-state index in [1.807, 2.05) is 13.8 Å². The van der Waals surface area contributed by atoms with Gasteiger partial charge in [0, 0.05) is 30.5 Å². The number of aromatic hydroxyl groups is 1. The van der Waals surface area contributed by atoms with Crippen molar-refractivity contribution in [1.82, 2.24) is 25.9 Å². The largest absolute Gasteiger partial charge is 0.508 e. The SMILES string of the molecule is CC(C)CC(NC(=O)C(Cc1ccc(O)cc1)NC(=O)C(CS)NC(=O)C(N)Cc1cnc[nH]1)C(=O)O. The third kappa shape index (κ3) is 9.77. The Kier molecular flexibility index (Phi) is 11.4. The number of benzene rings is 1. The van der Waals surface area contributed by atoms with Crippen LogP contribution in [0, 0.1) is 5.92 Å². The average Bonchev–Trinajstić information content (AvgIpc) is 3.35. The highest BCUT2D eigenvalue weighted by Crippen LogP contribution is 2.13. The topological polar surface area (TPSA) is 200 Å². The van der Waals surface area contributed by atoms with Crippen molar-refractivity contribution in [1.29, 1.82) is 0 Å². The number of thiol groups is 1. The molecule has 4 unspecified atom stereocenters. The summed E-state index contributed by atoms with van der Waals surface area (Å²) in [5, 5.41) is 26.7. The number of phenolic OH excluding ortho intramolecular Hbond substituents is 1. The van der Waals surface area contributed by atoms with Crippen molar-refractivity contribution in [3.05, 3.63) is 48.0 Å². The van der Waals surface area contributed by atoms with Crippen LogP contribution in [0.15, 0.2) is 36.8 Å². The van der Waals surface area contributed by atoms with E-state index in [0.29, 0.717) is 11.3 Å². The van der Waals surface area contributed by atoms with E-state index in [0.717, 1.165) is 0 Å². The number of nitrogens with one attached hydrogen (secondary N) is 4. The first-order valence-corrected chi connectivity index (χ1v) is 12.4. The van der Waals surface area contributed by atoms with Crippen molar-refractivity contribution in [3.63, 3.8) is 0 Å². The number of rotatable bonds is 14. The molecule has 12 nitrogen and oxygen atoms in total. The maximum absolute atomic E-state index is 13.1. The van der Waals surface area contributed by atoms with Gasteiger partial charge in [-0.2, -0.15) is 12.6 Å². The molecule has 1 heterocycles. The number of carboxylic acid groups (broad SMARTS) is 1. The summed E-state index contributed by atoms with van der Waals surface area (Å²) in [6.45, 7) is 3.66. The maximum Gasteiger partial charge on any atom is 0.326 e. The number of aliphatic carboxylic acids is 1. The molecule has 3 amide bonds. The van der Waals surface area contributed by atoms with Crippen LogP contribution in [0.4, 0.5) is 0 Å². The number of amides is 3. The van der Waals surface area contributed by atoms with Gasteiger partial charge in [-0.15, -0.1) is 0 Å². The Balaban J connectivity index is 2.14. The number of nitrogens with zero attached hydrogens (tertiary/aromatic N) is 1. The average molecular weight is 535 g/mol. The van der Waals surface area contributed by atoms with Gasteiger partial charge in [-0.25, -0.2) is 9.78 Å². The van der Waals surface area contributed by atoms with E-state index in [4.69, 9.17) is 5.73 Å². The molecule has 0 saturated carbocycles. The van der Waals surface area contributed by atoms with E-state index in [9.17, 15) is 29.4 Å². The molecule has 0 radical (unpaired) electrons. The summed E-state index contributed by atoms with van der Waals surface area (Å²) in [6.07, 6.45) is 3.37. The zero-order chi connectivity index (χ0) is 27.5. The van der Waals surface area contributed by atoms with Gasteiger partial charge in [0.2, 0.25) is 17.7 Å². The van der Waals surface area contributed by atoms with Gasteiger partial charge in [0.05, 0.1) is 12.4 Å². The Morgan fingerprint density at radius 2 is 1.57 bits per heavy atom. The van der Waals surface area contributed by atoms with Gasteiger partial charge in [0.15, 0.2) is 0 Å². The summed E-state index contributed by atoms with van der Waals surface area (Å²) in [5.74, 6) is -3.22. The van der Waals surface area contributed by atoms with Crippen molar-refractivity contribution < 1.29 is 29.4 Å². The Labute approximate surface area is 220 Å². The molecule has 8 N–H and O–H groups in total. The molecule has 0 fully saturated rings. The predicted molar refractivity (Wildman–Crippen MR) is 139 cm³/mol. The normalized spacial score (nSPS) is 14.3. The summed E-state index contributed by atoms with van der Waals surface area (Å²) in [6, 6.07) is 1.65. The number of hydrogen-bond donors (Lipinski definition) is 8. The minimum atomic E-state index is -1.19. The molecule has 0 aliphatic heterocycles. The molecule has 4 atom stereocenters. The van der Waals surface area contributed by atoms with E-state index in [2.05, 4.69) is 38.5 Å². The summed E-state index contributed by atoms with van der Waals surface area (Å²) in [5.41, 5.74) is 7.20. The molecule has 0 bridgehead atoms. The number of carboxylic acids is 1. The molecule has 0 spiro atoms. The number of carbonyl (C=O) groups is 4. The Hall–Kier alpha value is -3.58. The lowest BCUT2D eigenvalue weighted by molar-refractivity contribution is -0.142. The number of phenols is 1. The van der Waals surface area contributed by atoms with E-state index >= 15 is 0 Å². The fourth-order valence-electron chi connectivity index (χ4n) is 3.51. The summed E-state index contributed by atoms with van der Waals surface area (Å²) in [4.78, 5) is 57.1. The zero-order valence-electron chi connectivity index (χ0n) is 20.7. The maximum atomic E-state index is 13.1. The molecule has 0 aliphatic rings. The van der Waals surface area contributed by atoms with Crippen LogP contribution in [-0.4, -0.2) is 73.8 Å². The molecule has 1 aromatic heterocycles. The van der Waals surface area contributed by atoms with Gasteiger partial charge in [-0.3, -0.25) is 14.4 Å². The van der Waals surface area contributed by atoms with Crippen LogP contribution in [0.2, 0.25) is 0 Å². The Morgan fingerprint density at radius 1 is 0.973 bits per heavy atom. The highest BCUT2D eigenvalue weighted by Gasteiger charge is 2.30. The summed E-state index contributed by atoms with van der Waals surface area (Å²) in [7, 11) is 0. The van der Waals surface area contributed by atoms with Crippen LogP contribution in [0.1, 0.15) is 31.5 Å². The van der Waals surface area contributed by atoms with Crippen LogP contribution < -0.4 is 21.7 Å². The number of nitrogens with two attached hydrogens (primary N) is 1. The van der Waals surface area contributed by atoms with Crippen molar-refractivity contribution in [3.8, 4) is 5.75 Å². The summed E-state index contributed by atoms with van der Waals surface area (Å²) >= 11 is 4.15. The lowest BCUT2D eigenvalue weighted by atomic mass is 10.0. The second-order valence-corrected chi connectivity index (χ2v) is 9.46. The molecule has 2 rings (SSSR count). The lowest BCUT2D eigenvalue weighted by Crippen LogP contribution is -2.58. The van der Waals surface area contributed by atoms with Crippen LogP contribution in [0.5, 0.6) is 5.75 Å². The van der Waals surface area contributed by atoms with E-state index < -0.39 is 47.9 Å². The predicted octanol–water partition coefficient (Wildman–Crippen LogP) is -0.257. The van der Waals surface area contributed by atoms with Crippen molar-refractivity contribution in [2.45, 2.75) is 57.3 Å². The van der Waals surface area contributed by atoms with Crippen molar-refractivity contribution in [2.75, 3.05) is 5.75 Å². The lowest BCUT2D eigenvalue weighted by Gasteiger charge is -2.25. The molecule has 0 aliphatic carbocycles. The fraction of sp³-hybridized carbons (Fsp3) is 0.458. The number of aromatic amines is 1. The molecular formula is C24H34N6O6S. The molecule has 0 saturated heterocycles. The van der Waals surface area contributed by atoms with E-state index in [1.54, 1.807) is 12.1 Å². The smallest absolute Gasteiger partial charge is 0.326 e. The van der Waals surface area contributed by atoms with Crippen LogP contribution in [0.25, 0.3) is 0 Å². The molecular weight excluding hydrogens is 500 g/mol. The third-order valence-electron chi connectivity index (χ3n) is 5.48. The van der Waals surface area contributed by atoms with Crippen LogP contribution in [-0.2, 0) is 32.0 Å². The van der Waals surface area contributed by atoms with Gasteiger partial charge in [0.25, 0.3) is 0 Å². The monoisotopic (exact) mass is 534 g/mol. The molecule has 1 aromatic carbocycles. The first-order valence-electron chi connectivity index (χ1n) is 11.8. The molecule has 37 heavy (non-hydrogen) atoms. The molecule has 13 heteroatoms. The van der Waals surface area contributed by atoms with Crippen LogP contribution >= 0.6 is 12.6 Å². The Morgan fingerprint density at radius 3 is 2.11 bits per heavy atom. The quantitative estimate of drug-likeness (QED) is 0.152. The Bertz CT molecular complexity index is 1050. The highest BCUT2D eigenvalue weighted by atomic mass is 32.1. The fourth-order valence-corrected chi connectivity index (χ4v) is 3.77. The number of hydrogen-bond acceptors (Lipinski definition) is 8. The molecule has 202 valence electrons. The van der Waals surface area contributed by atoms with Crippen molar-refractivity contribution >= 4 is 36.3 Å². The minimum Gasteiger partial charge on any atom is -0.508 e. The van der Waals surface area contributed by atoms with Gasteiger partial charge >= 0.3 is 5.97 Å². The second kappa shape index (κ2) is 14.2. The first kappa shape index (κ1) is 29.6. The van der Waals surface area contributed by atoms with Crippen LogP contribution in [0.3, 0.4) is 0 Å². The van der Waals surface area contributed by atoms with E-state index in [-0.39, 0.29) is 36.7 Å². The molecule has 2 aromatic rings. The van der Waals surface area contributed by atoms with Gasteiger partial charge in [0.1, 0.15) is 23.9 Å². The number of carbonyl (C=O) groups excluding carboxylic acids is 3. The highest BCUT2D eigenvalue weighted by molar-refractivity contribution is 7.80. The summed E-state index contributed by atoms with van der Waals surface area (Å²) < 4.78 is 0. The van der Waals surface area contributed by atoms with Crippen molar-refractivity contribution in [2.24, 2.45) is 11.7 Å². The number of imidazole rings is 1. The third-order valence-corrected chi connectivity index (χ3v) is 5.84. The standard InChI is InChI=1S/C24H34N6O6S/c1-13(2)7-19(24(35)36)29-22(33)18(8-14-3-5-16(31)6-4-14)28-23(34)20(11-37)30-21(32)17(25)9-15-10-26-12-27-15/h3-6,10,12-13,17-20,31,37H,7-9,11,25H2,1-2H3,(H,26,27)(H,28,34)(H,29,33)(H,30,32)(H,35,36). The van der Waals surface area contributed by atoms with Gasteiger partial charge in [-0.1, -0.05) is 26.0 Å². The minimum absolute atomic E-state index is 0.00119. The zero-order valence-corrected chi connectivity index (χ0v) is 21.6. The second-order valence-electron chi connectivity index (χ2n) is 9.09. The number of aromatic nitrogens is 2. The van der Waals surface area contributed by atoms with E-state index in [1.165, 1.54) is 24.7 Å².